The molecule has 3 heteroatoms. The molecule has 0 aliphatic heterocycles. The maximum Gasteiger partial charge on any atom is 0.159 e. The average Bonchev–Trinajstić information content (AvgIpc) is 2.92. The van der Waals surface area contributed by atoms with Crippen LogP contribution in [0.2, 0.25) is 0 Å². The molecule has 1 atom stereocenters. The van der Waals surface area contributed by atoms with E-state index >= 15 is 0 Å². The first-order valence-corrected chi connectivity index (χ1v) is 5.19. The second-order valence-corrected chi connectivity index (χ2v) is 4.53. The van der Waals surface area contributed by atoms with Gasteiger partial charge in [-0.1, -0.05) is 0 Å². The molecule has 1 aliphatic rings. The number of halogens is 2. The number of aryl methyl sites for hydroxylation is 1. The summed E-state index contributed by atoms with van der Waals surface area (Å²) >= 11 is 0. The summed E-state index contributed by atoms with van der Waals surface area (Å²) in [5, 5.41) is 0. The molecule has 0 heterocycles. The fourth-order valence-electron chi connectivity index (χ4n) is 2.29. The second kappa shape index (κ2) is 3.27. The van der Waals surface area contributed by atoms with Gasteiger partial charge in [0.1, 0.15) is 0 Å². The van der Waals surface area contributed by atoms with Crippen molar-refractivity contribution in [3.63, 3.8) is 0 Å². The maximum absolute atomic E-state index is 13.2. The largest absolute Gasteiger partial charge is 0.327 e. The van der Waals surface area contributed by atoms with E-state index < -0.39 is 11.6 Å². The third-order valence-electron chi connectivity index (χ3n) is 3.46. The summed E-state index contributed by atoms with van der Waals surface area (Å²) in [6, 6.07) is 2.55. The quantitative estimate of drug-likeness (QED) is 0.799. The summed E-state index contributed by atoms with van der Waals surface area (Å²) in [6.07, 6.45) is 1.94. The highest BCUT2D eigenvalue weighted by Gasteiger charge is 2.48. The van der Waals surface area contributed by atoms with Gasteiger partial charge in [-0.25, -0.2) is 8.78 Å². The van der Waals surface area contributed by atoms with Gasteiger partial charge in [-0.05, 0) is 49.9 Å². The number of rotatable bonds is 2. The van der Waals surface area contributed by atoms with Crippen molar-refractivity contribution >= 4 is 0 Å². The van der Waals surface area contributed by atoms with Crippen molar-refractivity contribution in [3.8, 4) is 0 Å². The van der Waals surface area contributed by atoms with E-state index in [-0.39, 0.29) is 11.5 Å². The van der Waals surface area contributed by atoms with Crippen LogP contribution < -0.4 is 5.73 Å². The van der Waals surface area contributed by atoms with E-state index in [0.717, 1.165) is 24.0 Å². The van der Waals surface area contributed by atoms with E-state index in [1.54, 1.807) is 6.92 Å². The van der Waals surface area contributed by atoms with Gasteiger partial charge in [-0.2, -0.15) is 0 Å². The van der Waals surface area contributed by atoms with Crippen molar-refractivity contribution in [1.82, 2.24) is 0 Å². The van der Waals surface area contributed by atoms with Crippen LogP contribution in [0.5, 0.6) is 0 Å². The van der Waals surface area contributed by atoms with Gasteiger partial charge < -0.3 is 5.73 Å². The Hall–Kier alpha value is -0.960. The number of benzene rings is 1. The molecule has 0 aromatic heterocycles. The first-order chi connectivity index (χ1) is 6.97. The van der Waals surface area contributed by atoms with Gasteiger partial charge in [0.2, 0.25) is 0 Å². The first kappa shape index (κ1) is 10.6. The van der Waals surface area contributed by atoms with Gasteiger partial charge in [0.15, 0.2) is 11.6 Å². The zero-order valence-electron chi connectivity index (χ0n) is 8.98. The predicted octanol–water partition coefficient (Wildman–Crippen LogP) is 2.65. The lowest BCUT2D eigenvalue weighted by atomic mass is 9.86. The van der Waals surface area contributed by atoms with E-state index in [1.165, 1.54) is 12.1 Å². The highest BCUT2D eigenvalue weighted by atomic mass is 19.2. The van der Waals surface area contributed by atoms with Gasteiger partial charge in [-0.3, -0.25) is 0 Å². The molecule has 1 aromatic carbocycles. The molecule has 82 valence electrons. The Labute approximate surface area is 88.3 Å². The van der Waals surface area contributed by atoms with Gasteiger partial charge in [0.25, 0.3) is 0 Å². The SMILES string of the molecule is Cc1cc(F)c(F)cc1C1(C(C)N)CC1. The van der Waals surface area contributed by atoms with E-state index in [0.29, 0.717) is 0 Å². The van der Waals surface area contributed by atoms with Gasteiger partial charge >= 0.3 is 0 Å². The summed E-state index contributed by atoms with van der Waals surface area (Å²) < 4.78 is 26.1. The molecule has 1 unspecified atom stereocenters. The van der Waals surface area contributed by atoms with Crippen LogP contribution in [0, 0.1) is 18.6 Å². The molecule has 0 spiro atoms. The molecule has 0 bridgehead atoms. The molecule has 1 nitrogen and oxygen atoms in total. The highest BCUT2D eigenvalue weighted by Crippen LogP contribution is 2.51. The molecule has 0 saturated heterocycles. The van der Waals surface area contributed by atoms with Crippen molar-refractivity contribution in [1.29, 1.82) is 0 Å². The lowest BCUT2D eigenvalue weighted by molar-refractivity contribution is 0.495. The van der Waals surface area contributed by atoms with Gasteiger partial charge in [0.05, 0.1) is 0 Å². The van der Waals surface area contributed by atoms with Crippen LogP contribution in [-0.4, -0.2) is 6.04 Å². The summed E-state index contributed by atoms with van der Waals surface area (Å²) in [5.74, 6) is -1.56. The van der Waals surface area contributed by atoms with Crippen LogP contribution in [0.3, 0.4) is 0 Å². The number of hydrogen-bond donors (Lipinski definition) is 1. The molecular formula is C12H15F2N. The number of nitrogens with two attached hydrogens (primary N) is 1. The first-order valence-electron chi connectivity index (χ1n) is 5.19. The van der Waals surface area contributed by atoms with Crippen LogP contribution in [0.1, 0.15) is 30.9 Å². The molecule has 1 aromatic rings. The molecule has 0 amide bonds. The van der Waals surface area contributed by atoms with Crippen LogP contribution in [0.25, 0.3) is 0 Å². The minimum absolute atomic E-state index is 0.0129. The molecule has 2 rings (SSSR count). The van der Waals surface area contributed by atoms with Crippen molar-refractivity contribution < 1.29 is 8.78 Å². The lowest BCUT2D eigenvalue weighted by Crippen LogP contribution is -2.32. The third-order valence-corrected chi connectivity index (χ3v) is 3.46. The van der Waals surface area contributed by atoms with Crippen LogP contribution >= 0.6 is 0 Å². The highest BCUT2D eigenvalue weighted by molar-refractivity contribution is 5.40. The fraction of sp³-hybridized carbons (Fsp3) is 0.500. The smallest absolute Gasteiger partial charge is 0.159 e. The van der Waals surface area contributed by atoms with Crippen molar-refractivity contribution in [2.45, 2.75) is 38.1 Å². The molecule has 1 saturated carbocycles. The Kier molecular flexibility index (Phi) is 2.30. The molecule has 15 heavy (non-hydrogen) atoms. The molecule has 1 fully saturated rings. The summed E-state index contributed by atoms with van der Waals surface area (Å²) in [6.45, 7) is 3.73. The summed E-state index contributed by atoms with van der Waals surface area (Å²) in [7, 11) is 0. The maximum atomic E-state index is 13.2. The third kappa shape index (κ3) is 1.55. The van der Waals surface area contributed by atoms with Crippen molar-refractivity contribution in [2.24, 2.45) is 5.73 Å². The summed E-state index contributed by atoms with van der Waals surface area (Å²) in [4.78, 5) is 0. The van der Waals surface area contributed by atoms with Gasteiger partial charge in [-0.15, -0.1) is 0 Å². The minimum atomic E-state index is -0.781. The van der Waals surface area contributed by atoms with E-state index in [1.807, 2.05) is 6.92 Å². The minimum Gasteiger partial charge on any atom is -0.327 e. The van der Waals surface area contributed by atoms with E-state index in [2.05, 4.69) is 0 Å². The Morgan fingerprint density at radius 2 is 1.80 bits per heavy atom. The topological polar surface area (TPSA) is 26.0 Å². The van der Waals surface area contributed by atoms with Crippen molar-refractivity contribution in [2.75, 3.05) is 0 Å². The Bertz CT molecular complexity index is 395. The fourth-order valence-corrected chi connectivity index (χ4v) is 2.29. The van der Waals surface area contributed by atoms with Crippen LogP contribution in [0.15, 0.2) is 12.1 Å². The average molecular weight is 211 g/mol. The standard InChI is InChI=1S/C12H15F2N/c1-7-5-10(13)11(14)6-9(7)12(3-4-12)8(2)15/h5-6,8H,3-4,15H2,1-2H3. The Balaban J connectivity index is 2.49. The second-order valence-electron chi connectivity index (χ2n) is 4.53. The monoisotopic (exact) mass is 211 g/mol. The predicted molar refractivity (Wildman–Crippen MR) is 55.7 cm³/mol. The molecular weight excluding hydrogens is 196 g/mol. The Morgan fingerprint density at radius 1 is 1.27 bits per heavy atom. The Morgan fingerprint density at radius 3 is 2.27 bits per heavy atom. The van der Waals surface area contributed by atoms with E-state index in [4.69, 9.17) is 5.73 Å². The zero-order chi connectivity index (χ0) is 11.2. The zero-order valence-corrected chi connectivity index (χ0v) is 8.98. The molecule has 0 radical (unpaired) electrons. The van der Waals surface area contributed by atoms with Gasteiger partial charge in [0, 0.05) is 11.5 Å². The molecule has 1 aliphatic carbocycles. The van der Waals surface area contributed by atoms with E-state index in [9.17, 15) is 8.78 Å². The van der Waals surface area contributed by atoms with Crippen LogP contribution in [-0.2, 0) is 5.41 Å². The van der Waals surface area contributed by atoms with Crippen molar-refractivity contribution in [3.05, 3.63) is 34.9 Å². The van der Waals surface area contributed by atoms with Crippen LogP contribution in [0.4, 0.5) is 8.78 Å². The molecule has 2 N–H and O–H groups in total. The number of hydrogen-bond acceptors (Lipinski definition) is 1. The normalized spacial score (nSPS) is 20.1. The lowest BCUT2D eigenvalue weighted by Gasteiger charge is -2.22. The summed E-state index contributed by atoms with van der Waals surface area (Å²) in [5.41, 5.74) is 7.46.